The zero-order valence-corrected chi connectivity index (χ0v) is 8.79. The van der Waals surface area contributed by atoms with Gasteiger partial charge in [-0.3, -0.25) is 4.79 Å². The van der Waals surface area contributed by atoms with Crippen molar-refractivity contribution in [3.63, 3.8) is 0 Å². The largest absolute Gasteiger partial charge is 0.368 e. The van der Waals surface area contributed by atoms with E-state index in [1.165, 1.54) is 12.1 Å². The minimum Gasteiger partial charge on any atom is -0.368 e. The zero-order chi connectivity index (χ0) is 13.3. The van der Waals surface area contributed by atoms with Crippen molar-refractivity contribution in [3.8, 4) is 0 Å². The molecule has 1 aromatic carbocycles. The highest BCUT2D eigenvalue weighted by molar-refractivity contribution is 5.73. The van der Waals surface area contributed by atoms with Crippen molar-refractivity contribution in [2.24, 2.45) is 0 Å². The summed E-state index contributed by atoms with van der Waals surface area (Å²) in [7, 11) is 0. The van der Waals surface area contributed by atoms with E-state index in [2.05, 4.69) is 0 Å². The molecule has 3 heteroatoms. The summed E-state index contributed by atoms with van der Waals surface area (Å²) < 4.78 is 23.2. The molecule has 2 rings (SSSR count). The lowest BCUT2D eigenvalue weighted by Crippen LogP contribution is -2.48. The van der Waals surface area contributed by atoms with E-state index in [0.717, 1.165) is 0 Å². The lowest BCUT2D eigenvalue weighted by molar-refractivity contribution is -0.129. The van der Waals surface area contributed by atoms with Gasteiger partial charge < -0.3 is 9.80 Å². The predicted octanol–water partition coefficient (Wildman–Crippen LogP) is 1.36. The molecule has 0 unspecified atom stereocenters. The number of nitrogens with zero attached hydrogens (tertiary/aromatic N) is 2. The van der Waals surface area contributed by atoms with E-state index in [-0.39, 0.29) is 24.0 Å². The second-order valence-electron chi connectivity index (χ2n) is 3.59. The summed E-state index contributed by atoms with van der Waals surface area (Å²) >= 11 is 0. The molecule has 0 atom stereocenters. The van der Waals surface area contributed by atoms with Crippen molar-refractivity contribution in [2.45, 2.75) is 6.92 Å². The molecule has 1 heterocycles. The average Bonchev–Trinajstić information content (AvgIpc) is 2.28. The van der Waals surface area contributed by atoms with Crippen molar-refractivity contribution < 1.29 is 8.91 Å². The average molecular weight is 207 g/mol. The lowest BCUT2D eigenvalue weighted by atomic mass is 10.2. The van der Waals surface area contributed by atoms with Gasteiger partial charge in [-0.2, -0.15) is 0 Å². The van der Waals surface area contributed by atoms with Crippen LogP contribution >= 0.6 is 0 Å². The minimum absolute atomic E-state index is 0.0633. The van der Waals surface area contributed by atoms with E-state index in [9.17, 15) is 4.79 Å². The Hall–Kier alpha value is -1.51. The van der Waals surface area contributed by atoms with Gasteiger partial charge in [0.15, 0.2) is 0 Å². The van der Waals surface area contributed by atoms with Crippen molar-refractivity contribution in [2.75, 3.05) is 31.1 Å². The fraction of sp³-hybridized carbons (Fsp3) is 0.417. The molecule has 80 valence electrons. The highest BCUT2D eigenvalue weighted by Crippen LogP contribution is 2.15. The highest BCUT2D eigenvalue weighted by Gasteiger charge is 2.18. The molecular formula is C12H16N2O. The van der Waals surface area contributed by atoms with E-state index in [0.29, 0.717) is 31.9 Å². The summed E-state index contributed by atoms with van der Waals surface area (Å²) in [6, 6.07) is 3.51. The van der Waals surface area contributed by atoms with Gasteiger partial charge >= 0.3 is 0 Å². The summed E-state index contributed by atoms with van der Waals surface area (Å²) in [6.45, 7) is 4.06. The SMILES string of the molecule is [2H]c1cc([2H])c(N2CCN(C(C)=O)CC2)c([2H])c1. The van der Waals surface area contributed by atoms with Crippen LogP contribution in [0.15, 0.2) is 30.3 Å². The van der Waals surface area contributed by atoms with Gasteiger partial charge in [0.2, 0.25) is 5.91 Å². The van der Waals surface area contributed by atoms with Gasteiger partial charge in [0.1, 0.15) is 0 Å². The molecule has 3 nitrogen and oxygen atoms in total. The first-order valence-corrected chi connectivity index (χ1v) is 5.07. The third-order valence-corrected chi connectivity index (χ3v) is 2.63. The maximum absolute atomic E-state index is 11.2. The summed E-state index contributed by atoms with van der Waals surface area (Å²) in [4.78, 5) is 14.9. The van der Waals surface area contributed by atoms with Crippen LogP contribution in [0.2, 0.25) is 0 Å². The van der Waals surface area contributed by atoms with E-state index >= 15 is 0 Å². The summed E-state index contributed by atoms with van der Waals surface area (Å²) in [5, 5.41) is 0. The maximum atomic E-state index is 11.2. The van der Waals surface area contributed by atoms with Gasteiger partial charge in [-0.05, 0) is 12.1 Å². The number of anilines is 1. The van der Waals surface area contributed by atoms with Crippen LogP contribution in [-0.2, 0) is 4.79 Å². The van der Waals surface area contributed by atoms with Crippen LogP contribution in [-0.4, -0.2) is 37.0 Å². The first kappa shape index (κ1) is 6.88. The van der Waals surface area contributed by atoms with Crippen LogP contribution in [0, 0.1) is 0 Å². The molecule has 1 fully saturated rings. The van der Waals surface area contributed by atoms with Crippen LogP contribution in [0.25, 0.3) is 0 Å². The highest BCUT2D eigenvalue weighted by atomic mass is 16.2. The third-order valence-electron chi connectivity index (χ3n) is 2.63. The Kier molecular flexibility index (Phi) is 1.99. The molecular weight excluding hydrogens is 188 g/mol. The molecule has 0 radical (unpaired) electrons. The molecule has 1 aromatic rings. The molecule has 15 heavy (non-hydrogen) atoms. The Bertz CT molecular complexity index is 447. The molecule has 0 aromatic heterocycles. The standard InChI is InChI=1S/C12H16N2O/c1-11(15)13-7-9-14(10-8-13)12-5-3-2-4-6-12/h2-6H,7-10H2,1H3/i2D,5D,6D. The predicted molar refractivity (Wildman–Crippen MR) is 60.9 cm³/mol. The number of rotatable bonds is 1. The normalized spacial score (nSPS) is 19.4. The Morgan fingerprint density at radius 1 is 1.27 bits per heavy atom. The topological polar surface area (TPSA) is 23.6 Å². The molecule has 0 N–H and O–H groups in total. The second-order valence-corrected chi connectivity index (χ2v) is 3.59. The van der Waals surface area contributed by atoms with Crippen molar-refractivity contribution >= 4 is 11.6 Å². The number of carbonyl (C=O) groups is 1. The number of para-hydroxylation sites is 1. The molecule has 1 saturated heterocycles. The number of carbonyl (C=O) groups excluding carboxylic acids is 1. The molecule has 1 aliphatic heterocycles. The third kappa shape index (κ3) is 2.29. The Morgan fingerprint density at radius 3 is 2.40 bits per heavy atom. The van der Waals surface area contributed by atoms with Gasteiger partial charge in [-0.25, -0.2) is 0 Å². The van der Waals surface area contributed by atoms with Gasteiger partial charge in [-0.1, -0.05) is 18.2 Å². The van der Waals surface area contributed by atoms with Gasteiger partial charge in [0.05, 0.1) is 4.11 Å². The monoisotopic (exact) mass is 207 g/mol. The summed E-state index contributed by atoms with van der Waals surface area (Å²) in [5.41, 5.74) is 0.564. The van der Waals surface area contributed by atoms with Gasteiger partial charge in [0.25, 0.3) is 0 Å². The quantitative estimate of drug-likeness (QED) is 0.694. The lowest BCUT2D eigenvalue weighted by Gasteiger charge is -2.35. The van der Waals surface area contributed by atoms with E-state index in [1.807, 2.05) is 4.90 Å². The smallest absolute Gasteiger partial charge is 0.219 e. The van der Waals surface area contributed by atoms with Crippen LogP contribution in [0.3, 0.4) is 0 Å². The Labute approximate surface area is 94.5 Å². The molecule has 0 saturated carbocycles. The number of benzene rings is 1. The molecule has 0 spiro atoms. The van der Waals surface area contributed by atoms with E-state index < -0.39 is 0 Å². The first-order chi connectivity index (χ1) is 8.49. The number of amides is 1. The molecule has 1 amide bonds. The first-order valence-electron chi connectivity index (χ1n) is 6.57. The van der Waals surface area contributed by atoms with Gasteiger partial charge in [0, 0.05) is 38.8 Å². The fourth-order valence-corrected chi connectivity index (χ4v) is 1.73. The number of piperazine rings is 1. The van der Waals surface area contributed by atoms with Crippen molar-refractivity contribution in [3.05, 3.63) is 30.3 Å². The van der Waals surface area contributed by atoms with Gasteiger partial charge in [-0.15, -0.1) is 0 Å². The number of hydrogen-bond acceptors (Lipinski definition) is 2. The minimum atomic E-state index is 0.0633. The maximum Gasteiger partial charge on any atom is 0.219 e. The summed E-state index contributed by atoms with van der Waals surface area (Å²) in [5.74, 6) is 0.0633. The molecule has 1 aliphatic rings. The number of hydrogen-bond donors (Lipinski definition) is 0. The Balaban J connectivity index is 2.17. The Morgan fingerprint density at radius 2 is 1.87 bits per heavy atom. The molecule has 0 bridgehead atoms. The van der Waals surface area contributed by atoms with Crippen LogP contribution in [0.5, 0.6) is 0 Å². The van der Waals surface area contributed by atoms with Crippen molar-refractivity contribution in [1.82, 2.24) is 4.90 Å². The zero-order valence-electron chi connectivity index (χ0n) is 11.8. The van der Waals surface area contributed by atoms with E-state index in [4.69, 9.17) is 4.11 Å². The fourth-order valence-electron chi connectivity index (χ4n) is 1.73. The van der Waals surface area contributed by atoms with E-state index in [1.54, 1.807) is 11.8 Å². The van der Waals surface area contributed by atoms with Crippen molar-refractivity contribution in [1.29, 1.82) is 0 Å². The van der Waals surface area contributed by atoms with Crippen LogP contribution in [0.4, 0.5) is 5.69 Å². The second kappa shape index (κ2) is 4.34. The summed E-state index contributed by atoms with van der Waals surface area (Å²) in [6.07, 6.45) is 0. The van der Waals surface area contributed by atoms with Crippen LogP contribution in [0.1, 0.15) is 11.0 Å². The molecule has 0 aliphatic carbocycles. The van der Waals surface area contributed by atoms with Crippen LogP contribution < -0.4 is 4.90 Å².